The summed E-state index contributed by atoms with van der Waals surface area (Å²) >= 11 is 0. The van der Waals surface area contributed by atoms with E-state index in [0.717, 1.165) is 11.9 Å². The molecule has 0 radical (unpaired) electrons. The van der Waals surface area contributed by atoms with Crippen molar-refractivity contribution in [3.8, 4) is 5.88 Å². The summed E-state index contributed by atoms with van der Waals surface area (Å²) in [5.41, 5.74) is 1.72. The monoisotopic (exact) mass is 308 g/mol. The molecule has 1 amide bonds. The molecule has 0 N–H and O–H groups in total. The molecule has 1 saturated heterocycles. The first-order chi connectivity index (χ1) is 11.3. The van der Waals surface area contributed by atoms with Crippen molar-refractivity contribution < 1.29 is 9.53 Å². The maximum atomic E-state index is 12.6. The first-order valence-corrected chi connectivity index (χ1v) is 7.60. The number of nitrogens with zero attached hydrogens (tertiary/aromatic N) is 4. The highest BCUT2D eigenvalue weighted by atomic mass is 16.5. The lowest BCUT2D eigenvalue weighted by Gasteiger charge is -2.16. The van der Waals surface area contributed by atoms with Crippen LogP contribution in [0.25, 0.3) is 5.52 Å². The first kappa shape index (κ1) is 13.8. The second kappa shape index (κ2) is 5.72. The average Bonchev–Trinajstić information content (AvgIpc) is 3.21. The lowest BCUT2D eigenvalue weighted by atomic mass is 10.3. The Bertz CT molecular complexity index is 798. The minimum atomic E-state index is -0.0346. The van der Waals surface area contributed by atoms with Gasteiger partial charge in [-0.05, 0) is 24.3 Å². The van der Waals surface area contributed by atoms with Crippen LogP contribution in [0.5, 0.6) is 5.88 Å². The fourth-order valence-corrected chi connectivity index (χ4v) is 2.88. The zero-order valence-electron chi connectivity index (χ0n) is 12.5. The van der Waals surface area contributed by atoms with Crippen molar-refractivity contribution in [1.82, 2.24) is 19.5 Å². The topological polar surface area (TPSA) is 59.7 Å². The summed E-state index contributed by atoms with van der Waals surface area (Å²) in [7, 11) is 0. The first-order valence-electron chi connectivity index (χ1n) is 7.60. The molecule has 0 unspecified atom stereocenters. The van der Waals surface area contributed by atoms with Crippen LogP contribution in [-0.4, -0.2) is 44.6 Å². The SMILES string of the molecule is O=C(c1cc2ccccn2c1)N1CC[C@@H](Oc2cccnn2)C1. The molecule has 0 spiro atoms. The van der Waals surface area contributed by atoms with Gasteiger partial charge < -0.3 is 14.0 Å². The van der Waals surface area contributed by atoms with E-state index in [-0.39, 0.29) is 12.0 Å². The van der Waals surface area contributed by atoms with Crippen LogP contribution in [0.2, 0.25) is 0 Å². The Morgan fingerprint density at radius 2 is 2.22 bits per heavy atom. The molecule has 23 heavy (non-hydrogen) atoms. The Morgan fingerprint density at radius 1 is 1.26 bits per heavy atom. The smallest absolute Gasteiger partial charge is 0.255 e. The van der Waals surface area contributed by atoms with E-state index in [1.807, 2.05) is 46.0 Å². The van der Waals surface area contributed by atoms with Gasteiger partial charge in [-0.3, -0.25) is 4.79 Å². The molecule has 0 saturated carbocycles. The number of aromatic nitrogens is 3. The second-order valence-electron chi connectivity index (χ2n) is 5.60. The Balaban J connectivity index is 1.45. The molecule has 0 bridgehead atoms. The predicted octanol–water partition coefficient (Wildman–Crippen LogP) is 2.02. The van der Waals surface area contributed by atoms with E-state index in [4.69, 9.17) is 4.74 Å². The normalized spacial score (nSPS) is 17.6. The zero-order chi connectivity index (χ0) is 15.6. The Morgan fingerprint density at radius 3 is 3.04 bits per heavy atom. The van der Waals surface area contributed by atoms with Gasteiger partial charge in [0.2, 0.25) is 5.88 Å². The van der Waals surface area contributed by atoms with Gasteiger partial charge >= 0.3 is 0 Å². The van der Waals surface area contributed by atoms with Crippen LogP contribution >= 0.6 is 0 Å². The predicted molar refractivity (Wildman–Crippen MR) is 84.4 cm³/mol. The third-order valence-corrected chi connectivity index (χ3v) is 4.02. The molecule has 0 aromatic carbocycles. The summed E-state index contributed by atoms with van der Waals surface area (Å²) in [5, 5.41) is 7.71. The molecule has 6 nitrogen and oxygen atoms in total. The van der Waals surface area contributed by atoms with Crippen LogP contribution < -0.4 is 4.74 Å². The fraction of sp³-hybridized carbons (Fsp3) is 0.235. The number of ether oxygens (including phenoxy) is 1. The number of carbonyl (C=O) groups is 1. The zero-order valence-corrected chi connectivity index (χ0v) is 12.5. The number of pyridine rings is 1. The van der Waals surface area contributed by atoms with E-state index in [1.165, 1.54) is 0 Å². The highest BCUT2D eigenvalue weighted by Crippen LogP contribution is 2.19. The molecule has 6 heteroatoms. The van der Waals surface area contributed by atoms with Crippen LogP contribution in [0, 0.1) is 0 Å². The molecule has 1 atom stereocenters. The summed E-state index contributed by atoms with van der Waals surface area (Å²) in [4.78, 5) is 14.5. The van der Waals surface area contributed by atoms with E-state index in [2.05, 4.69) is 10.2 Å². The van der Waals surface area contributed by atoms with Crippen LogP contribution in [-0.2, 0) is 0 Å². The summed E-state index contributed by atoms with van der Waals surface area (Å²) < 4.78 is 7.73. The molecule has 4 rings (SSSR count). The van der Waals surface area contributed by atoms with Gasteiger partial charge in [0, 0.05) is 43.1 Å². The van der Waals surface area contributed by atoms with E-state index in [9.17, 15) is 4.79 Å². The largest absolute Gasteiger partial charge is 0.471 e. The number of rotatable bonds is 3. The van der Waals surface area contributed by atoms with Crippen LogP contribution in [0.1, 0.15) is 16.8 Å². The van der Waals surface area contributed by atoms with Gasteiger partial charge in [0.05, 0.1) is 12.1 Å². The van der Waals surface area contributed by atoms with Gasteiger partial charge in [-0.25, -0.2) is 0 Å². The molecule has 3 aromatic rings. The average molecular weight is 308 g/mol. The van der Waals surface area contributed by atoms with Gasteiger partial charge in [-0.2, -0.15) is 5.10 Å². The van der Waals surface area contributed by atoms with Gasteiger partial charge in [0.1, 0.15) is 6.10 Å². The summed E-state index contributed by atoms with van der Waals surface area (Å²) in [6.45, 7) is 1.26. The lowest BCUT2D eigenvalue weighted by molar-refractivity contribution is 0.0771. The lowest BCUT2D eigenvalue weighted by Crippen LogP contribution is -2.30. The minimum absolute atomic E-state index is 0.0346. The van der Waals surface area contributed by atoms with Crippen molar-refractivity contribution in [2.75, 3.05) is 13.1 Å². The van der Waals surface area contributed by atoms with Crippen molar-refractivity contribution >= 4 is 11.4 Å². The molecule has 1 aliphatic heterocycles. The number of carbonyl (C=O) groups excluding carboxylic acids is 1. The molecule has 4 heterocycles. The Labute approximate surface area is 133 Å². The maximum absolute atomic E-state index is 12.6. The molecular formula is C17H16N4O2. The molecular weight excluding hydrogens is 292 g/mol. The molecule has 0 aliphatic carbocycles. The van der Waals surface area contributed by atoms with Crippen molar-refractivity contribution in [3.05, 3.63) is 60.6 Å². The van der Waals surface area contributed by atoms with Gasteiger partial charge in [-0.15, -0.1) is 5.10 Å². The van der Waals surface area contributed by atoms with Crippen LogP contribution in [0.3, 0.4) is 0 Å². The summed E-state index contributed by atoms with van der Waals surface area (Å²) in [5.74, 6) is 0.542. The van der Waals surface area contributed by atoms with Crippen molar-refractivity contribution in [3.63, 3.8) is 0 Å². The number of hydrogen-bond acceptors (Lipinski definition) is 4. The van der Waals surface area contributed by atoms with Gasteiger partial charge in [0.15, 0.2) is 0 Å². The van der Waals surface area contributed by atoms with Gasteiger partial charge in [-0.1, -0.05) is 6.07 Å². The number of hydrogen-bond donors (Lipinski definition) is 0. The quantitative estimate of drug-likeness (QED) is 0.743. The highest BCUT2D eigenvalue weighted by Gasteiger charge is 2.29. The van der Waals surface area contributed by atoms with E-state index in [1.54, 1.807) is 18.3 Å². The van der Waals surface area contributed by atoms with Gasteiger partial charge in [0.25, 0.3) is 5.91 Å². The van der Waals surface area contributed by atoms with E-state index < -0.39 is 0 Å². The Hall–Kier alpha value is -2.89. The summed E-state index contributed by atoms with van der Waals surface area (Å²) in [6.07, 6.45) is 6.18. The Kier molecular flexibility index (Phi) is 3.42. The standard InChI is InChI=1S/C17H16N4O2/c22-17(13-10-14-4-1-2-8-20(14)11-13)21-9-6-15(12-21)23-16-5-3-7-18-19-16/h1-5,7-8,10-11,15H,6,9,12H2/t15-/m1/s1. The second-order valence-corrected chi connectivity index (χ2v) is 5.60. The number of likely N-dealkylation sites (tertiary alicyclic amines) is 1. The number of amides is 1. The maximum Gasteiger partial charge on any atom is 0.255 e. The highest BCUT2D eigenvalue weighted by molar-refractivity contribution is 5.95. The minimum Gasteiger partial charge on any atom is -0.471 e. The fourth-order valence-electron chi connectivity index (χ4n) is 2.88. The molecule has 116 valence electrons. The van der Waals surface area contributed by atoms with Crippen molar-refractivity contribution in [2.45, 2.75) is 12.5 Å². The van der Waals surface area contributed by atoms with Crippen molar-refractivity contribution in [2.24, 2.45) is 0 Å². The molecule has 1 fully saturated rings. The molecule has 1 aliphatic rings. The third-order valence-electron chi connectivity index (χ3n) is 4.02. The molecule has 3 aromatic heterocycles. The van der Waals surface area contributed by atoms with Crippen LogP contribution in [0.15, 0.2) is 55.0 Å². The van der Waals surface area contributed by atoms with Crippen LogP contribution in [0.4, 0.5) is 0 Å². The van der Waals surface area contributed by atoms with E-state index >= 15 is 0 Å². The van der Waals surface area contributed by atoms with E-state index in [0.29, 0.717) is 24.5 Å². The third kappa shape index (κ3) is 2.75. The van der Waals surface area contributed by atoms with Crippen molar-refractivity contribution in [1.29, 1.82) is 0 Å². The number of fused-ring (bicyclic) bond motifs is 1. The summed E-state index contributed by atoms with van der Waals surface area (Å²) in [6, 6.07) is 11.4.